The van der Waals surface area contributed by atoms with E-state index >= 15 is 0 Å². The van der Waals surface area contributed by atoms with E-state index in [1.54, 1.807) is 0 Å². The van der Waals surface area contributed by atoms with Crippen molar-refractivity contribution in [1.29, 1.82) is 0 Å². The van der Waals surface area contributed by atoms with Crippen LogP contribution in [0.2, 0.25) is 0 Å². The average molecular weight is 403 g/mol. The SMILES string of the molecule is Cc1ccc2ncc(-c3cccc(C4CCCN(C(=O)C5CCCCC5)C4)n3)n2c1. The largest absolute Gasteiger partial charge is 0.342 e. The van der Waals surface area contributed by atoms with Crippen molar-refractivity contribution in [3.05, 3.63) is 54.0 Å². The molecule has 0 radical (unpaired) electrons. The summed E-state index contributed by atoms with van der Waals surface area (Å²) < 4.78 is 2.11. The highest BCUT2D eigenvalue weighted by Gasteiger charge is 2.30. The van der Waals surface area contributed by atoms with Gasteiger partial charge in [-0.1, -0.05) is 31.4 Å². The molecule has 1 unspecified atom stereocenters. The molecule has 2 aliphatic rings. The molecule has 1 amide bonds. The van der Waals surface area contributed by atoms with Crippen LogP contribution >= 0.6 is 0 Å². The van der Waals surface area contributed by atoms with E-state index in [1.807, 2.05) is 12.3 Å². The van der Waals surface area contributed by atoms with Crippen LogP contribution in [0.1, 0.15) is 62.1 Å². The van der Waals surface area contributed by atoms with Gasteiger partial charge in [0.2, 0.25) is 5.91 Å². The highest BCUT2D eigenvalue weighted by Crippen LogP contribution is 2.31. The zero-order chi connectivity index (χ0) is 20.5. The van der Waals surface area contributed by atoms with Crippen LogP contribution < -0.4 is 0 Å². The summed E-state index contributed by atoms with van der Waals surface area (Å²) in [6, 6.07) is 10.4. The number of hydrogen-bond acceptors (Lipinski definition) is 3. The number of imidazole rings is 1. The molecule has 0 spiro atoms. The third kappa shape index (κ3) is 3.73. The van der Waals surface area contributed by atoms with Crippen LogP contribution in [0, 0.1) is 12.8 Å². The molecule has 2 fully saturated rings. The van der Waals surface area contributed by atoms with Gasteiger partial charge in [0.15, 0.2) is 0 Å². The summed E-state index contributed by atoms with van der Waals surface area (Å²) in [7, 11) is 0. The highest BCUT2D eigenvalue weighted by atomic mass is 16.2. The predicted molar refractivity (Wildman–Crippen MR) is 118 cm³/mol. The van der Waals surface area contributed by atoms with Crippen molar-refractivity contribution >= 4 is 11.6 Å². The lowest BCUT2D eigenvalue weighted by Crippen LogP contribution is -2.43. The van der Waals surface area contributed by atoms with Crippen LogP contribution in [0.5, 0.6) is 0 Å². The Kier molecular flexibility index (Phi) is 5.28. The molecule has 5 heteroatoms. The molecule has 30 heavy (non-hydrogen) atoms. The third-order valence-electron chi connectivity index (χ3n) is 6.79. The van der Waals surface area contributed by atoms with Gasteiger partial charge in [0.05, 0.1) is 17.6 Å². The maximum Gasteiger partial charge on any atom is 0.225 e. The number of aromatic nitrogens is 3. The number of pyridine rings is 2. The van der Waals surface area contributed by atoms with E-state index in [0.29, 0.717) is 11.8 Å². The van der Waals surface area contributed by atoms with E-state index in [4.69, 9.17) is 4.98 Å². The number of piperidine rings is 1. The van der Waals surface area contributed by atoms with Crippen LogP contribution in [-0.2, 0) is 4.79 Å². The van der Waals surface area contributed by atoms with Crippen molar-refractivity contribution in [2.24, 2.45) is 5.92 Å². The standard InChI is InChI=1S/C25H30N4O/c1-18-12-13-24-26-15-23(29(24)16-18)22-11-5-10-21(27-22)20-9-6-14-28(17-20)25(30)19-7-3-2-4-8-19/h5,10-13,15-16,19-20H,2-4,6-9,14,17H2,1H3. The Balaban J connectivity index is 1.38. The van der Waals surface area contributed by atoms with Crippen molar-refractivity contribution in [2.75, 3.05) is 13.1 Å². The monoisotopic (exact) mass is 402 g/mol. The minimum atomic E-state index is 0.248. The molecule has 1 aliphatic carbocycles. The second kappa shape index (κ2) is 8.21. The molecule has 1 atom stereocenters. The van der Waals surface area contributed by atoms with Gasteiger partial charge in [-0.2, -0.15) is 0 Å². The molecule has 3 aromatic rings. The normalized spacial score (nSPS) is 20.6. The molecule has 1 saturated carbocycles. The highest BCUT2D eigenvalue weighted by molar-refractivity contribution is 5.79. The summed E-state index contributed by atoms with van der Waals surface area (Å²) in [6.07, 6.45) is 12.0. The van der Waals surface area contributed by atoms with Gasteiger partial charge in [-0.25, -0.2) is 4.98 Å². The van der Waals surface area contributed by atoms with Crippen LogP contribution in [-0.4, -0.2) is 38.3 Å². The summed E-state index contributed by atoms with van der Waals surface area (Å²) in [5.74, 6) is 0.943. The fraction of sp³-hybridized carbons (Fsp3) is 0.480. The molecular formula is C25H30N4O. The Hall–Kier alpha value is -2.69. The molecule has 1 aliphatic heterocycles. The Morgan fingerprint density at radius 2 is 1.90 bits per heavy atom. The van der Waals surface area contributed by atoms with Crippen LogP contribution in [0.3, 0.4) is 0 Å². The average Bonchev–Trinajstić information content (AvgIpc) is 3.22. The summed E-state index contributed by atoms with van der Waals surface area (Å²) in [5, 5.41) is 0. The van der Waals surface area contributed by atoms with E-state index in [-0.39, 0.29) is 5.92 Å². The van der Waals surface area contributed by atoms with Gasteiger partial charge in [-0.15, -0.1) is 0 Å². The number of aryl methyl sites for hydroxylation is 1. The topological polar surface area (TPSA) is 50.5 Å². The predicted octanol–water partition coefficient (Wildman–Crippen LogP) is 4.99. The first kappa shape index (κ1) is 19.3. The zero-order valence-electron chi connectivity index (χ0n) is 17.8. The van der Waals surface area contributed by atoms with Gasteiger partial charge >= 0.3 is 0 Å². The molecule has 5 nitrogen and oxygen atoms in total. The number of carbonyl (C=O) groups is 1. The lowest BCUT2D eigenvalue weighted by atomic mass is 9.86. The van der Waals surface area contributed by atoms with Crippen molar-refractivity contribution in [1.82, 2.24) is 19.3 Å². The van der Waals surface area contributed by atoms with Gasteiger partial charge in [-0.05, 0) is 56.4 Å². The number of fused-ring (bicyclic) bond motifs is 1. The lowest BCUT2D eigenvalue weighted by Gasteiger charge is -2.35. The fourth-order valence-corrected chi connectivity index (χ4v) is 5.12. The third-order valence-corrected chi connectivity index (χ3v) is 6.79. The Labute approximate surface area is 178 Å². The van der Waals surface area contributed by atoms with Crippen molar-refractivity contribution in [2.45, 2.75) is 57.8 Å². The first-order valence-corrected chi connectivity index (χ1v) is 11.4. The summed E-state index contributed by atoms with van der Waals surface area (Å²) in [4.78, 5) is 24.7. The van der Waals surface area contributed by atoms with Gasteiger partial charge in [0.1, 0.15) is 5.65 Å². The number of amides is 1. The Morgan fingerprint density at radius 1 is 1.03 bits per heavy atom. The van der Waals surface area contributed by atoms with Crippen LogP contribution in [0.4, 0.5) is 0 Å². The number of nitrogens with zero attached hydrogens (tertiary/aromatic N) is 4. The second-order valence-corrected chi connectivity index (χ2v) is 8.98. The summed E-state index contributed by atoms with van der Waals surface area (Å²) >= 11 is 0. The quantitative estimate of drug-likeness (QED) is 0.620. The van der Waals surface area contributed by atoms with E-state index in [1.165, 1.54) is 24.8 Å². The number of carbonyl (C=O) groups excluding carboxylic acids is 1. The van der Waals surface area contributed by atoms with Gasteiger partial charge in [0.25, 0.3) is 0 Å². The molecule has 3 aromatic heterocycles. The lowest BCUT2D eigenvalue weighted by molar-refractivity contribution is -0.137. The Morgan fingerprint density at radius 3 is 2.77 bits per heavy atom. The Bertz CT molecular complexity index is 1050. The molecule has 5 rings (SSSR count). The molecule has 0 N–H and O–H groups in total. The van der Waals surface area contributed by atoms with E-state index in [0.717, 1.165) is 61.5 Å². The van der Waals surface area contributed by atoms with Gasteiger partial charge in [-0.3, -0.25) is 14.2 Å². The first-order valence-electron chi connectivity index (χ1n) is 11.4. The van der Waals surface area contributed by atoms with Crippen molar-refractivity contribution in [3.63, 3.8) is 0 Å². The second-order valence-electron chi connectivity index (χ2n) is 8.98. The van der Waals surface area contributed by atoms with E-state index < -0.39 is 0 Å². The molecule has 1 saturated heterocycles. The number of rotatable bonds is 3. The maximum absolute atomic E-state index is 13.1. The van der Waals surface area contributed by atoms with Crippen molar-refractivity contribution in [3.8, 4) is 11.4 Å². The fourth-order valence-electron chi connectivity index (χ4n) is 5.12. The summed E-state index contributed by atoms with van der Waals surface area (Å²) in [6.45, 7) is 3.79. The van der Waals surface area contributed by atoms with Crippen molar-refractivity contribution < 1.29 is 4.79 Å². The number of likely N-dealkylation sites (tertiary alicyclic amines) is 1. The van der Waals surface area contributed by atoms with Gasteiger partial charge < -0.3 is 4.90 Å². The maximum atomic E-state index is 13.1. The van der Waals surface area contributed by atoms with E-state index in [2.05, 4.69) is 51.7 Å². The molecule has 0 aromatic carbocycles. The minimum absolute atomic E-state index is 0.248. The van der Waals surface area contributed by atoms with Crippen LogP contribution in [0.25, 0.3) is 17.0 Å². The molecule has 4 heterocycles. The minimum Gasteiger partial charge on any atom is -0.342 e. The first-order chi connectivity index (χ1) is 14.7. The van der Waals surface area contributed by atoms with Gasteiger partial charge in [0, 0.05) is 36.8 Å². The summed E-state index contributed by atoms with van der Waals surface area (Å²) in [5.41, 5.74) is 5.19. The molecule has 0 bridgehead atoms. The number of hydrogen-bond donors (Lipinski definition) is 0. The molecular weight excluding hydrogens is 372 g/mol. The smallest absolute Gasteiger partial charge is 0.225 e. The molecule has 156 valence electrons. The van der Waals surface area contributed by atoms with E-state index in [9.17, 15) is 4.79 Å². The van der Waals surface area contributed by atoms with Crippen LogP contribution in [0.15, 0.2) is 42.7 Å². The zero-order valence-corrected chi connectivity index (χ0v) is 17.8.